The molecule has 5 nitrogen and oxygen atoms in total. The fourth-order valence-electron chi connectivity index (χ4n) is 1.97. The highest BCUT2D eigenvalue weighted by Crippen LogP contribution is 2.28. The highest BCUT2D eigenvalue weighted by atomic mass is 16.6. The maximum atomic E-state index is 10.3. The Bertz CT molecular complexity index is 746. The van der Waals surface area contributed by atoms with Crippen molar-refractivity contribution in [1.82, 2.24) is 4.98 Å². The van der Waals surface area contributed by atoms with Gasteiger partial charge in [0.05, 0.1) is 0 Å². The number of phenolic OH excluding ortho intramolecular Hbond substituents is 1. The molecule has 0 amide bonds. The molecule has 0 aliphatic heterocycles. The summed E-state index contributed by atoms with van der Waals surface area (Å²) >= 11 is 0. The number of rotatable bonds is 3. The molecule has 0 aliphatic rings. The molecule has 2 rings (SSSR count). The van der Waals surface area contributed by atoms with E-state index in [2.05, 4.69) is 10.1 Å². The van der Waals surface area contributed by atoms with Gasteiger partial charge in [0.2, 0.25) is 0 Å². The Labute approximate surface area is 136 Å². The van der Waals surface area contributed by atoms with E-state index in [-0.39, 0.29) is 17.2 Å². The Morgan fingerprint density at radius 3 is 2.35 bits per heavy atom. The average molecular weight is 314 g/mol. The molecule has 5 heteroatoms. The third-order valence-corrected chi connectivity index (χ3v) is 3.29. The zero-order valence-electron chi connectivity index (χ0n) is 14.1. The van der Waals surface area contributed by atoms with Crippen molar-refractivity contribution in [3.05, 3.63) is 52.8 Å². The van der Waals surface area contributed by atoms with Crippen LogP contribution in [0.15, 0.2) is 35.6 Å². The van der Waals surface area contributed by atoms with Crippen molar-refractivity contribution in [3.63, 3.8) is 0 Å². The molecule has 122 valence electrons. The molecule has 0 spiro atoms. The quantitative estimate of drug-likeness (QED) is 0.669. The molecule has 2 N–H and O–H groups in total. The molecule has 0 saturated heterocycles. The Morgan fingerprint density at radius 1 is 1.09 bits per heavy atom. The number of phenols is 1. The lowest BCUT2D eigenvalue weighted by atomic mass is 9.99. The summed E-state index contributed by atoms with van der Waals surface area (Å²) in [7, 11) is 0. The van der Waals surface area contributed by atoms with E-state index in [0.717, 1.165) is 11.1 Å². The van der Waals surface area contributed by atoms with Crippen molar-refractivity contribution in [3.8, 4) is 11.5 Å². The molecule has 1 aromatic carbocycles. The van der Waals surface area contributed by atoms with E-state index in [1.165, 1.54) is 6.07 Å². The fraction of sp³-hybridized carbons (Fsp3) is 0.333. The van der Waals surface area contributed by atoms with Gasteiger partial charge in [0.15, 0.2) is 0 Å². The molecule has 2 aromatic rings. The highest BCUT2D eigenvalue weighted by molar-refractivity contribution is 6.14. The number of benzene rings is 1. The molecule has 0 saturated carbocycles. The lowest BCUT2D eigenvalue weighted by molar-refractivity contribution is 0.00109. The first-order valence-corrected chi connectivity index (χ1v) is 7.40. The van der Waals surface area contributed by atoms with Crippen molar-refractivity contribution in [2.24, 2.45) is 5.16 Å². The van der Waals surface area contributed by atoms with Crippen LogP contribution in [-0.4, -0.2) is 26.5 Å². The summed E-state index contributed by atoms with van der Waals surface area (Å²) < 4.78 is 0. The van der Waals surface area contributed by atoms with Crippen LogP contribution in [-0.2, 0) is 4.84 Å². The molecule has 0 atom stereocenters. The van der Waals surface area contributed by atoms with Gasteiger partial charge in [-0.2, -0.15) is 0 Å². The number of aromatic nitrogens is 1. The molecule has 1 aromatic heterocycles. The van der Waals surface area contributed by atoms with Crippen molar-refractivity contribution >= 4 is 5.71 Å². The van der Waals surface area contributed by atoms with E-state index in [0.29, 0.717) is 11.3 Å². The molecular formula is C18H22N2O3. The first kappa shape index (κ1) is 16.8. The summed E-state index contributed by atoms with van der Waals surface area (Å²) in [6, 6.07) is 6.62. The predicted molar refractivity (Wildman–Crippen MR) is 90.0 cm³/mol. The smallest absolute Gasteiger partial charge is 0.143 e. The second-order valence-electron chi connectivity index (χ2n) is 6.47. The monoisotopic (exact) mass is 314 g/mol. The second kappa shape index (κ2) is 6.28. The summed E-state index contributed by atoms with van der Waals surface area (Å²) in [6.07, 6.45) is 1.56. The van der Waals surface area contributed by atoms with Crippen LogP contribution in [0.4, 0.5) is 0 Å². The van der Waals surface area contributed by atoms with E-state index < -0.39 is 5.60 Å². The van der Waals surface area contributed by atoms with Crippen LogP contribution in [0, 0.1) is 13.8 Å². The lowest BCUT2D eigenvalue weighted by Gasteiger charge is -2.18. The van der Waals surface area contributed by atoms with Gasteiger partial charge < -0.3 is 15.1 Å². The van der Waals surface area contributed by atoms with Crippen molar-refractivity contribution in [1.29, 1.82) is 0 Å². The van der Waals surface area contributed by atoms with Gasteiger partial charge in [-0.05, 0) is 70.0 Å². The number of nitrogens with zero attached hydrogens (tertiary/aromatic N) is 2. The minimum atomic E-state index is -0.509. The van der Waals surface area contributed by atoms with Crippen LogP contribution in [0.3, 0.4) is 0 Å². The Hall–Kier alpha value is -2.56. The zero-order chi connectivity index (χ0) is 17.2. The average Bonchev–Trinajstić information content (AvgIpc) is 2.45. The van der Waals surface area contributed by atoms with Crippen molar-refractivity contribution in [2.75, 3.05) is 0 Å². The maximum Gasteiger partial charge on any atom is 0.143 e. The minimum Gasteiger partial charge on any atom is -0.507 e. The molecule has 0 bridgehead atoms. The zero-order valence-corrected chi connectivity index (χ0v) is 14.1. The molecule has 0 unspecified atom stereocenters. The van der Waals surface area contributed by atoms with Crippen molar-refractivity contribution in [2.45, 2.75) is 40.2 Å². The SMILES string of the molecule is Cc1cc(O)c(C(=NOC(C)(C)C)c2ncccc2O)cc1C. The Morgan fingerprint density at radius 2 is 1.74 bits per heavy atom. The number of aryl methyl sites for hydroxylation is 2. The van der Waals surface area contributed by atoms with Crippen LogP contribution in [0.25, 0.3) is 0 Å². The van der Waals surface area contributed by atoms with Crippen LogP contribution >= 0.6 is 0 Å². The summed E-state index contributed by atoms with van der Waals surface area (Å²) in [6.45, 7) is 9.46. The van der Waals surface area contributed by atoms with Crippen LogP contribution in [0.1, 0.15) is 43.2 Å². The van der Waals surface area contributed by atoms with Gasteiger partial charge in [-0.15, -0.1) is 0 Å². The maximum absolute atomic E-state index is 10.3. The van der Waals surface area contributed by atoms with Gasteiger partial charge in [-0.1, -0.05) is 5.16 Å². The van der Waals surface area contributed by atoms with E-state index in [9.17, 15) is 10.2 Å². The Balaban J connectivity index is 2.64. The first-order chi connectivity index (χ1) is 10.7. The molecule has 0 fully saturated rings. The largest absolute Gasteiger partial charge is 0.507 e. The third kappa shape index (κ3) is 4.00. The topological polar surface area (TPSA) is 74.9 Å². The molecular weight excluding hydrogens is 292 g/mol. The number of hydrogen-bond donors (Lipinski definition) is 2. The third-order valence-electron chi connectivity index (χ3n) is 3.29. The van der Waals surface area contributed by atoms with Gasteiger partial charge in [0.25, 0.3) is 0 Å². The first-order valence-electron chi connectivity index (χ1n) is 7.40. The van der Waals surface area contributed by atoms with E-state index in [1.807, 2.05) is 40.7 Å². The van der Waals surface area contributed by atoms with Crippen LogP contribution < -0.4 is 0 Å². The van der Waals surface area contributed by atoms with Gasteiger partial charge in [-0.25, -0.2) is 0 Å². The normalized spacial score (nSPS) is 12.3. The number of aromatic hydroxyl groups is 2. The van der Waals surface area contributed by atoms with Gasteiger partial charge in [-0.3, -0.25) is 4.98 Å². The van der Waals surface area contributed by atoms with E-state index in [4.69, 9.17) is 4.84 Å². The molecule has 23 heavy (non-hydrogen) atoms. The standard InChI is InChI=1S/C18H22N2O3/c1-11-9-13(15(22)10-12(11)2)16(20-23-18(3,4)5)17-14(21)7-6-8-19-17/h6-10,21-22H,1-5H3. The number of oxime groups is 1. The van der Waals surface area contributed by atoms with Gasteiger partial charge in [0.1, 0.15) is 28.5 Å². The van der Waals surface area contributed by atoms with E-state index in [1.54, 1.807) is 18.3 Å². The number of hydrogen-bond acceptors (Lipinski definition) is 5. The molecule has 0 radical (unpaired) electrons. The second-order valence-corrected chi connectivity index (χ2v) is 6.47. The summed E-state index contributed by atoms with van der Waals surface area (Å²) in [5.74, 6) is 0.0378. The molecule has 0 aliphatic carbocycles. The van der Waals surface area contributed by atoms with Gasteiger partial charge >= 0.3 is 0 Å². The summed E-state index contributed by atoms with van der Waals surface area (Å²) in [5.41, 5.74) is 2.47. The summed E-state index contributed by atoms with van der Waals surface area (Å²) in [5, 5.41) is 24.6. The van der Waals surface area contributed by atoms with Crippen LogP contribution in [0.2, 0.25) is 0 Å². The predicted octanol–water partition coefficient (Wildman–Crippen LogP) is 3.68. The summed E-state index contributed by atoms with van der Waals surface area (Å²) in [4.78, 5) is 9.68. The molecule has 1 heterocycles. The van der Waals surface area contributed by atoms with E-state index >= 15 is 0 Å². The lowest BCUT2D eigenvalue weighted by Crippen LogP contribution is -2.18. The number of pyridine rings is 1. The minimum absolute atomic E-state index is 0.0265. The van der Waals surface area contributed by atoms with Gasteiger partial charge in [0, 0.05) is 11.8 Å². The fourth-order valence-corrected chi connectivity index (χ4v) is 1.97. The van der Waals surface area contributed by atoms with Crippen LogP contribution in [0.5, 0.6) is 11.5 Å². The Kier molecular flexibility index (Phi) is 4.59. The van der Waals surface area contributed by atoms with Crippen molar-refractivity contribution < 1.29 is 15.1 Å². The highest BCUT2D eigenvalue weighted by Gasteiger charge is 2.20.